The number of hydrogen-bond acceptors (Lipinski definition) is 4. The van der Waals surface area contributed by atoms with Crippen molar-refractivity contribution in [3.05, 3.63) is 47.3 Å². The monoisotopic (exact) mass is 204 g/mol. The van der Waals surface area contributed by atoms with Crippen molar-refractivity contribution in [2.45, 2.75) is 13.0 Å². The third-order valence-corrected chi connectivity index (χ3v) is 2.25. The summed E-state index contributed by atoms with van der Waals surface area (Å²) in [6, 6.07) is 6.98. The number of phenols is 1. The number of phenolic OH excluding ortho intramolecular Hbond substituents is 1. The Morgan fingerprint density at radius 3 is 2.67 bits per heavy atom. The number of rotatable bonds is 3. The van der Waals surface area contributed by atoms with E-state index < -0.39 is 0 Å². The summed E-state index contributed by atoms with van der Waals surface area (Å²) in [6.07, 6.45) is 2.28. The molecule has 0 aliphatic rings. The van der Waals surface area contributed by atoms with Gasteiger partial charge in [0.2, 0.25) is 0 Å². The van der Waals surface area contributed by atoms with E-state index in [1.807, 2.05) is 12.1 Å². The van der Waals surface area contributed by atoms with E-state index in [0.29, 0.717) is 13.0 Å². The van der Waals surface area contributed by atoms with E-state index in [1.165, 1.54) is 0 Å². The molecule has 0 unspecified atom stereocenters. The first-order valence-corrected chi connectivity index (χ1v) is 4.70. The van der Waals surface area contributed by atoms with Crippen molar-refractivity contribution in [2.24, 2.45) is 5.73 Å². The highest BCUT2D eigenvalue weighted by atomic mass is 16.5. The van der Waals surface area contributed by atoms with Gasteiger partial charge in [0.15, 0.2) is 0 Å². The largest absolute Gasteiger partial charge is 0.508 e. The smallest absolute Gasteiger partial charge is 0.145 e. The number of nitrogens with zero attached hydrogens (tertiary/aromatic N) is 1. The van der Waals surface area contributed by atoms with E-state index in [-0.39, 0.29) is 5.75 Å². The Balaban J connectivity index is 2.18. The molecule has 0 amide bonds. The number of benzene rings is 1. The zero-order valence-electron chi connectivity index (χ0n) is 8.18. The first kappa shape index (κ1) is 9.73. The lowest BCUT2D eigenvalue weighted by Crippen LogP contribution is -1.98. The molecule has 0 bridgehead atoms. The van der Waals surface area contributed by atoms with Crippen LogP contribution in [0.1, 0.15) is 16.9 Å². The molecule has 1 aromatic carbocycles. The van der Waals surface area contributed by atoms with Crippen LogP contribution in [0.3, 0.4) is 0 Å². The van der Waals surface area contributed by atoms with Crippen molar-refractivity contribution in [2.75, 3.05) is 0 Å². The first-order valence-electron chi connectivity index (χ1n) is 4.70. The summed E-state index contributed by atoms with van der Waals surface area (Å²) in [6.45, 7) is 0.427. The van der Waals surface area contributed by atoms with E-state index in [0.717, 1.165) is 16.9 Å². The normalized spacial score (nSPS) is 10.5. The first-order chi connectivity index (χ1) is 7.29. The maximum atomic E-state index is 9.13. The molecule has 2 rings (SSSR count). The molecular formula is C11H12N2O2. The Bertz CT molecular complexity index is 434. The van der Waals surface area contributed by atoms with E-state index in [2.05, 4.69) is 5.16 Å². The van der Waals surface area contributed by atoms with Crippen molar-refractivity contribution in [1.29, 1.82) is 0 Å². The summed E-state index contributed by atoms with van der Waals surface area (Å²) in [4.78, 5) is 0. The lowest BCUT2D eigenvalue weighted by molar-refractivity contribution is 0.388. The topological polar surface area (TPSA) is 72.3 Å². The lowest BCUT2D eigenvalue weighted by atomic mass is 10.1. The highest BCUT2D eigenvalue weighted by Crippen LogP contribution is 2.16. The van der Waals surface area contributed by atoms with Crippen molar-refractivity contribution >= 4 is 0 Å². The number of aromatic hydroxyl groups is 1. The van der Waals surface area contributed by atoms with Gasteiger partial charge in [-0.15, -0.1) is 0 Å². The van der Waals surface area contributed by atoms with Gasteiger partial charge in [-0.05, 0) is 17.7 Å². The maximum Gasteiger partial charge on any atom is 0.145 e. The Morgan fingerprint density at radius 2 is 2.00 bits per heavy atom. The second-order valence-corrected chi connectivity index (χ2v) is 3.32. The van der Waals surface area contributed by atoms with Gasteiger partial charge in [0.1, 0.15) is 11.5 Å². The molecule has 1 heterocycles. The quantitative estimate of drug-likeness (QED) is 0.793. The second-order valence-electron chi connectivity index (χ2n) is 3.32. The predicted octanol–water partition coefficient (Wildman–Crippen LogP) is 1.43. The molecule has 0 radical (unpaired) electrons. The van der Waals surface area contributed by atoms with Crippen LogP contribution in [-0.2, 0) is 13.0 Å². The van der Waals surface area contributed by atoms with Crippen molar-refractivity contribution < 1.29 is 9.63 Å². The molecule has 0 fully saturated rings. The average Bonchev–Trinajstić information content (AvgIpc) is 2.69. The summed E-state index contributed by atoms with van der Waals surface area (Å²) in [7, 11) is 0. The summed E-state index contributed by atoms with van der Waals surface area (Å²) >= 11 is 0. The third kappa shape index (κ3) is 2.16. The van der Waals surface area contributed by atoms with Crippen LogP contribution < -0.4 is 5.73 Å². The van der Waals surface area contributed by atoms with Crippen molar-refractivity contribution in [1.82, 2.24) is 5.16 Å². The molecule has 4 nitrogen and oxygen atoms in total. The third-order valence-electron chi connectivity index (χ3n) is 2.25. The summed E-state index contributed by atoms with van der Waals surface area (Å²) < 4.78 is 5.10. The molecule has 0 saturated carbocycles. The zero-order valence-corrected chi connectivity index (χ0v) is 8.18. The van der Waals surface area contributed by atoms with Gasteiger partial charge in [-0.25, -0.2) is 0 Å². The van der Waals surface area contributed by atoms with Gasteiger partial charge in [0, 0.05) is 18.5 Å². The van der Waals surface area contributed by atoms with Gasteiger partial charge in [-0.2, -0.15) is 0 Å². The Kier molecular flexibility index (Phi) is 2.69. The molecular weight excluding hydrogens is 192 g/mol. The highest BCUT2D eigenvalue weighted by molar-refractivity contribution is 5.29. The van der Waals surface area contributed by atoms with Crippen LogP contribution in [0.25, 0.3) is 0 Å². The van der Waals surface area contributed by atoms with E-state index in [9.17, 15) is 0 Å². The van der Waals surface area contributed by atoms with Crippen molar-refractivity contribution in [3.8, 4) is 5.75 Å². The molecule has 0 saturated heterocycles. The Labute approximate surface area is 87.3 Å². The molecule has 0 aliphatic carbocycles. The van der Waals surface area contributed by atoms with Crippen LogP contribution in [0.4, 0.5) is 0 Å². The summed E-state index contributed by atoms with van der Waals surface area (Å²) in [5, 5.41) is 12.8. The molecule has 78 valence electrons. The van der Waals surface area contributed by atoms with Gasteiger partial charge in [0.25, 0.3) is 0 Å². The summed E-state index contributed by atoms with van der Waals surface area (Å²) in [5.41, 5.74) is 7.51. The average molecular weight is 204 g/mol. The fraction of sp³-hybridized carbons (Fsp3) is 0.182. The SMILES string of the molecule is NCc1cnoc1Cc1ccc(O)cc1. The number of aromatic nitrogens is 1. The minimum atomic E-state index is 0.260. The standard InChI is InChI=1S/C11H12N2O2/c12-6-9-7-13-15-11(9)5-8-1-3-10(14)4-2-8/h1-4,7,14H,5-6,12H2. The van der Waals surface area contributed by atoms with Crippen LogP contribution >= 0.6 is 0 Å². The van der Waals surface area contributed by atoms with E-state index in [4.69, 9.17) is 15.4 Å². The predicted molar refractivity (Wildman–Crippen MR) is 55.3 cm³/mol. The minimum Gasteiger partial charge on any atom is -0.508 e. The van der Waals surface area contributed by atoms with Gasteiger partial charge in [-0.3, -0.25) is 0 Å². The summed E-state index contributed by atoms with van der Waals surface area (Å²) in [5.74, 6) is 1.04. The Morgan fingerprint density at radius 1 is 1.27 bits per heavy atom. The fourth-order valence-electron chi connectivity index (χ4n) is 1.40. The number of hydrogen-bond donors (Lipinski definition) is 2. The molecule has 0 spiro atoms. The second kappa shape index (κ2) is 4.14. The molecule has 2 aromatic rings. The molecule has 4 heteroatoms. The molecule has 1 aromatic heterocycles. The van der Waals surface area contributed by atoms with E-state index >= 15 is 0 Å². The van der Waals surface area contributed by atoms with Crippen LogP contribution in [0.5, 0.6) is 5.75 Å². The molecule has 3 N–H and O–H groups in total. The number of nitrogens with two attached hydrogens (primary N) is 1. The van der Waals surface area contributed by atoms with Crippen molar-refractivity contribution in [3.63, 3.8) is 0 Å². The fourth-order valence-corrected chi connectivity index (χ4v) is 1.40. The van der Waals surface area contributed by atoms with Crippen LogP contribution in [0.2, 0.25) is 0 Å². The van der Waals surface area contributed by atoms with Crippen LogP contribution in [-0.4, -0.2) is 10.3 Å². The van der Waals surface area contributed by atoms with Gasteiger partial charge < -0.3 is 15.4 Å². The zero-order chi connectivity index (χ0) is 10.7. The maximum absolute atomic E-state index is 9.13. The van der Waals surface area contributed by atoms with Gasteiger partial charge >= 0.3 is 0 Å². The highest BCUT2D eigenvalue weighted by Gasteiger charge is 2.07. The molecule has 15 heavy (non-hydrogen) atoms. The van der Waals surface area contributed by atoms with E-state index in [1.54, 1.807) is 18.3 Å². The lowest BCUT2D eigenvalue weighted by Gasteiger charge is -1.99. The van der Waals surface area contributed by atoms with Crippen LogP contribution in [0.15, 0.2) is 35.0 Å². The molecule has 0 aliphatic heterocycles. The van der Waals surface area contributed by atoms with Gasteiger partial charge in [-0.1, -0.05) is 17.3 Å². The van der Waals surface area contributed by atoms with Gasteiger partial charge in [0.05, 0.1) is 6.20 Å². The Hall–Kier alpha value is -1.81. The molecule has 0 atom stereocenters. The minimum absolute atomic E-state index is 0.260. The van der Waals surface area contributed by atoms with Crippen LogP contribution in [0, 0.1) is 0 Å².